The summed E-state index contributed by atoms with van der Waals surface area (Å²) in [6.07, 6.45) is 2.07. The summed E-state index contributed by atoms with van der Waals surface area (Å²) in [5, 5.41) is 2.92. The zero-order valence-electron chi connectivity index (χ0n) is 14.2. The Labute approximate surface area is 138 Å². The molecule has 0 spiro atoms. The number of nitrogens with one attached hydrogen (secondary N) is 1. The summed E-state index contributed by atoms with van der Waals surface area (Å²) in [7, 11) is 0. The molecule has 5 heteroatoms. The molecule has 2 amide bonds. The van der Waals surface area contributed by atoms with Gasteiger partial charge in [0, 0.05) is 19.5 Å². The SMILES string of the molecule is Cc1ccc2c(c1)N(CCCC(=O)NCCC(C)C)C(=O)CO2. The van der Waals surface area contributed by atoms with Crippen LogP contribution in [0, 0.1) is 12.8 Å². The molecule has 23 heavy (non-hydrogen) atoms. The highest BCUT2D eigenvalue weighted by molar-refractivity contribution is 5.97. The summed E-state index contributed by atoms with van der Waals surface area (Å²) < 4.78 is 5.45. The molecule has 126 valence electrons. The number of aryl methyl sites for hydroxylation is 1. The minimum absolute atomic E-state index is 0.0517. The molecule has 0 radical (unpaired) electrons. The summed E-state index contributed by atoms with van der Waals surface area (Å²) in [4.78, 5) is 25.6. The number of carbonyl (C=O) groups excluding carboxylic acids is 2. The van der Waals surface area contributed by atoms with Crippen LogP contribution >= 0.6 is 0 Å². The fourth-order valence-corrected chi connectivity index (χ4v) is 2.54. The molecule has 0 saturated carbocycles. The molecule has 1 heterocycles. The van der Waals surface area contributed by atoms with Crippen LogP contribution in [0.1, 0.15) is 38.7 Å². The number of hydrogen-bond acceptors (Lipinski definition) is 3. The fraction of sp³-hybridized carbons (Fsp3) is 0.556. The third kappa shape index (κ3) is 4.98. The van der Waals surface area contributed by atoms with Crippen LogP contribution < -0.4 is 15.0 Å². The maximum atomic E-state index is 12.1. The van der Waals surface area contributed by atoms with Gasteiger partial charge in [0.1, 0.15) is 5.75 Å². The summed E-state index contributed by atoms with van der Waals surface area (Å²) >= 11 is 0. The van der Waals surface area contributed by atoms with Gasteiger partial charge in [-0.2, -0.15) is 0 Å². The Morgan fingerprint density at radius 1 is 1.39 bits per heavy atom. The Bertz CT molecular complexity index is 569. The summed E-state index contributed by atoms with van der Waals surface area (Å²) in [5.74, 6) is 1.32. The average molecular weight is 318 g/mol. The van der Waals surface area contributed by atoms with E-state index < -0.39 is 0 Å². The second-order valence-electron chi connectivity index (χ2n) is 6.44. The smallest absolute Gasteiger partial charge is 0.265 e. The van der Waals surface area contributed by atoms with Gasteiger partial charge in [-0.3, -0.25) is 9.59 Å². The van der Waals surface area contributed by atoms with Gasteiger partial charge in [-0.05, 0) is 43.4 Å². The third-order valence-corrected chi connectivity index (χ3v) is 3.89. The van der Waals surface area contributed by atoms with Crippen molar-refractivity contribution in [2.24, 2.45) is 5.92 Å². The van der Waals surface area contributed by atoms with Crippen molar-refractivity contribution in [2.45, 2.75) is 40.0 Å². The molecule has 0 fully saturated rings. The number of amides is 2. The molecule has 2 rings (SSSR count). The van der Waals surface area contributed by atoms with Gasteiger partial charge < -0.3 is 15.0 Å². The van der Waals surface area contributed by atoms with Crippen LogP contribution in [0.25, 0.3) is 0 Å². The van der Waals surface area contributed by atoms with Crippen molar-refractivity contribution in [1.29, 1.82) is 0 Å². The van der Waals surface area contributed by atoms with E-state index >= 15 is 0 Å². The van der Waals surface area contributed by atoms with Gasteiger partial charge in [-0.25, -0.2) is 0 Å². The molecule has 0 unspecified atom stereocenters. The number of carbonyl (C=O) groups is 2. The molecule has 0 saturated heterocycles. The van der Waals surface area contributed by atoms with E-state index in [1.165, 1.54) is 0 Å². The van der Waals surface area contributed by atoms with Gasteiger partial charge in [0.15, 0.2) is 6.61 Å². The number of ether oxygens (including phenoxy) is 1. The van der Waals surface area contributed by atoms with Gasteiger partial charge >= 0.3 is 0 Å². The summed E-state index contributed by atoms with van der Waals surface area (Å²) in [5.41, 5.74) is 1.89. The lowest BCUT2D eigenvalue weighted by Gasteiger charge is -2.29. The number of benzene rings is 1. The number of fused-ring (bicyclic) bond motifs is 1. The zero-order chi connectivity index (χ0) is 16.8. The van der Waals surface area contributed by atoms with E-state index in [0.717, 1.165) is 30.0 Å². The first-order valence-electron chi connectivity index (χ1n) is 8.28. The molecule has 1 aromatic rings. The third-order valence-electron chi connectivity index (χ3n) is 3.89. The van der Waals surface area contributed by atoms with Crippen LogP contribution in [0.5, 0.6) is 5.75 Å². The first-order valence-corrected chi connectivity index (χ1v) is 8.28. The maximum Gasteiger partial charge on any atom is 0.265 e. The number of anilines is 1. The van der Waals surface area contributed by atoms with E-state index in [1.807, 2.05) is 25.1 Å². The standard InChI is InChI=1S/C18H26N2O3/c1-13(2)8-9-19-17(21)5-4-10-20-15-11-14(3)6-7-16(15)23-12-18(20)22/h6-7,11,13H,4-5,8-10,12H2,1-3H3,(H,19,21). The first kappa shape index (κ1) is 17.3. The number of rotatable bonds is 7. The van der Waals surface area contributed by atoms with E-state index in [-0.39, 0.29) is 18.4 Å². The predicted molar refractivity (Wildman–Crippen MR) is 90.7 cm³/mol. The van der Waals surface area contributed by atoms with E-state index in [1.54, 1.807) is 4.90 Å². The molecular weight excluding hydrogens is 292 g/mol. The minimum atomic E-state index is -0.0525. The van der Waals surface area contributed by atoms with Crippen molar-refractivity contribution >= 4 is 17.5 Å². The van der Waals surface area contributed by atoms with Crippen LogP contribution in [0.2, 0.25) is 0 Å². The molecule has 0 bridgehead atoms. The predicted octanol–water partition coefficient (Wildman–Crippen LogP) is 2.66. The van der Waals surface area contributed by atoms with Crippen molar-refractivity contribution in [3.63, 3.8) is 0 Å². The average Bonchev–Trinajstić information content (AvgIpc) is 2.49. The number of hydrogen-bond donors (Lipinski definition) is 1. The monoisotopic (exact) mass is 318 g/mol. The molecule has 0 atom stereocenters. The van der Waals surface area contributed by atoms with Crippen LogP contribution in [-0.2, 0) is 9.59 Å². The Morgan fingerprint density at radius 3 is 2.91 bits per heavy atom. The van der Waals surface area contributed by atoms with Crippen molar-refractivity contribution < 1.29 is 14.3 Å². The van der Waals surface area contributed by atoms with E-state index in [0.29, 0.717) is 25.3 Å². The Morgan fingerprint density at radius 2 is 2.17 bits per heavy atom. The van der Waals surface area contributed by atoms with Gasteiger partial charge in [-0.1, -0.05) is 19.9 Å². The fourth-order valence-electron chi connectivity index (χ4n) is 2.54. The maximum absolute atomic E-state index is 12.1. The quantitative estimate of drug-likeness (QED) is 0.841. The highest BCUT2D eigenvalue weighted by atomic mass is 16.5. The Hall–Kier alpha value is -2.04. The molecule has 5 nitrogen and oxygen atoms in total. The highest BCUT2D eigenvalue weighted by Crippen LogP contribution is 2.32. The Balaban J connectivity index is 1.85. The van der Waals surface area contributed by atoms with Crippen LogP contribution in [-0.4, -0.2) is 31.5 Å². The summed E-state index contributed by atoms with van der Waals surface area (Å²) in [6, 6.07) is 5.81. The molecule has 1 aliphatic rings. The van der Waals surface area contributed by atoms with Crippen molar-refractivity contribution in [3.8, 4) is 5.75 Å². The lowest BCUT2D eigenvalue weighted by Crippen LogP contribution is -2.39. The van der Waals surface area contributed by atoms with Crippen LogP contribution in [0.3, 0.4) is 0 Å². The molecule has 1 aliphatic heterocycles. The molecular formula is C18H26N2O3. The van der Waals surface area contributed by atoms with Gasteiger partial charge in [0.2, 0.25) is 5.91 Å². The van der Waals surface area contributed by atoms with Crippen molar-refractivity contribution in [3.05, 3.63) is 23.8 Å². The molecule has 1 aromatic carbocycles. The Kier molecular flexibility index (Phi) is 6.02. The van der Waals surface area contributed by atoms with Gasteiger partial charge in [0.25, 0.3) is 5.91 Å². The molecule has 0 aromatic heterocycles. The van der Waals surface area contributed by atoms with Gasteiger partial charge in [-0.15, -0.1) is 0 Å². The molecule has 1 N–H and O–H groups in total. The zero-order valence-corrected chi connectivity index (χ0v) is 14.2. The van der Waals surface area contributed by atoms with E-state index in [4.69, 9.17) is 4.74 Å². The highest BCUT2D eigenvalue weighted by Gasteiger charge is 2.25. The van der Waals surface area contributed by atoms with Crippen molar-refractivity contribution in [2.75, 3.05) is 24.6 Å². The van der Waals surface area contributed by atoms with Gasteiger partial charge in [0.05, 0.1) is 5.69 Å². The van der Waals surface area contributed by atoms with E-state index in [2.05, 4.69) is 19.2 Å². The second kappa shape index (κ2) is 7.99. The first-order chi connectivity index (χ1) is 11.0. The largest absolute Gasteiger partial charge is 0.482 e. The summed E-state index contributed by atoms with van der Waals surface area (Å²) in [6.45, 7) is 7.58. The lowest BCUT2D eigenvalue weighted by molar-refractivity contribution is -0.122. The molecule has 0 aliphatic carbocycles. The lowest BCUT2D eigenvalue weighted by atomic mass is 10.1. The topological polar surface area (TPSA) is 58.6 Å². The van der Waals surface area contributed by atoms with Crippen LogP contribution in [0.15, 0.2) is 18.2 Å². The normalized spacial score (nSPS) is 13.7. The number of nitrogens with zero attached hydrogens (tertiary/aromatic N) is 1. The second-order valence-corrected chi connectivity index (χ2v) is 6.44. The van der Waals surface area contributed by atoms with Crippen LogP contribution in [0.4, 0.5) is 5.69 Å². The van der Waals surface area contributed by atoms with E-state index in [9.17, 15) is 9.59 Å². The minimum Gasteiger partial charge on any atom is -0.482 e. The van der Waals surface area contributed by atoms with Crippen molar-refractivity contribution in [1.82, 2.24) is 5.32 Å².